The molecule has 0 aromatic carbocycles. The Morgan fingerprint density at radius 2 is 2.14 bits per heavy atom. The Morgan fingerprint density at radius 3 is 2.57 bits per heavy atom. The van der Waals surface area contributed by atoms with Gasteiger partial charge in [-0.25, -0.2) is 4.98 Å². The third-order valence-electron chi connectivity index (χ3n) is 2.25. The minimum absolute atomic E-state index is 0.534. The van der Waals surface area contributed by atoms with Crippen molar-refractivity contribution in [2.24, 2.45) is 5.73 Å². The van der Waals surface area contributed by atoms with Gasteiger partial charge in [0.05, 0.1) is 5.69 Å². The molecule has 1 unspecified atom stereocenters. The van der Waals surface area contributed by atoms with E-state index in [9.17, 15) is 0 Å². The van der Waals surface area contributed by atoms with Crippen LogP contribution in [0.1, 0.15) is 29.8 Å². The zero-order valence-electron chi connectivity index (χ0n) is 9.37. The zero-order chi connectivity index (χ0) is 10.7. The highest BCUT2D eigenvalue weighted by molar-refractivity contribution is 7.15. The lowest BCUT2D eigenvalue weighted by atomic mass is 10.1. The van der Waals surface area contributed by atoms with Crippen molar-refractivity contribution >= 4 is 16.5 Å². The lowest BCUT2D eigenvalue weighted by Crippen LogP contribution is -2.07. The van der Waals surface area contributed by atoms with Crippen molar-refractivity contribution in [3.05, 3.63) is 10.6 Å². The molecule has 0 aliphatic carbocycles. The first-order chi connectivity index (χ1) is 6.56. The molecule has 0 aliphatic heterocycles. The van der Waals surface area contributed by atoms with Crippen molar-refractivity contribution in [3.8, 4) is 0 Å². The van der Waals surface area contributed by atoms with Crippen LogP contribution in [-0.4, -0.2) is 25.6 Å². The van der Waals surface area contributed by atoms with Gasteiger partial charge in [0.15, 0.2) is 5.13 Å². The summed E-state index contributed by atoms with van der Waals surface area (Å²) in [6, 6.07) is 0. The summed E-state index contributed by atoms with van der Waals surface area (Å²) in [6.07, 6.45) is 1.04. The average Bonchev–Trinajstić information content (AvgIpc) is 2.48. The number of hydrogen-bond acceptors (Lipinski definition) is 4. The topological polar surface area (TPSA) is 42.2 Å². The summed E-state index contributed by atoms with van der Waals surface area (Å²) in [5, 5.41) is 1.08. The number of thiazole rings is 1. The summed E-state index contributed by atoms with van der Waals surface area (Å²) in [5.41, 5.74) is 6.71. The molecule has 0 aliphatic rings. The third-order valence-corrected chi connectivity index (χ3v) is 3.81. The molecule has 1 rings (SSSR count). The van der Waals surface area contributed by atoms with Crippen molar-refractivity contribution in [3.63, 3.8) is 0 Å². The number of hydrogen-bond donors (Lipinski definition) is 1. The van der Waals surface area contributed by atoms with Gasteiger partial charge in [-0.3, -0.25) is 0 Å². The highest BCUT2D eigenvalue weighted by atomic mass is 32.1. The monoisotopic (exact) mass is 213 g/mol. The van der Waals surface area contributed by atoms with E-state index in [2.05, 4.69) is 23.7 Å². The largest absolute Gasteiger partial charge is 0.354 e. The second-order valence-electron chi connectivity index (χ2n) is 3.82. The predicted molar refractivity (Wildman–Crippen MR) is 63.3 cm³/mol. The summed E-state index contributed by atoms with van der Waals surface area (Å²) in [5.74, 6) is 0.534. The van der Waals surface area contributed by atoms with Crippen LogP contribution in [0.5, 0.6) is 0 Å². The number of rotatable bonds is 4. The molecule has 14 heavy (non-hydrogen) atoms. The van der Waals surface area contributed by atoms with E-state index in [4.69, 9.17) is 5.73 Å². The fourth-order valence-electron chi connectivity index (χ4n) is 1.42. The van der Waals surface area contributed by atoms with Crippen LogP contribution in [-0.2, 0) is 0 Å². The molecule has 0 bridgehead atoms. The van der Waals surface area contributed by atoms with Gasteiger partial charge in [-0.05, 0) is 25.8 Å². The first-order valence-electron chi connectivity index (χ1n) is 4.91. The maximum Gasteiger partial charge on any atom is 0.185 e. The number of nitrogens with zero attached hydrogens (tertiary/aromatic N) is 2. The van der Waals surface area contributed by atoms with Gasteiger partial charge >= 0.3 is 0 Å². The van der Waals surface area contributed by atoms with E-state index < -0.39 is 0 Å². The summed E-state index contributed by atoms with van der Waals surface area (Å²) < 4.78 is 0. The van der Waals surface area contributed by atoms with Crippen molar-refractivity contribution in [2.75, 3.05) is 25.5 Å². The summed E-state index contributed by atoms with van der Waals surface area (Å²) in [4.78, 5) is 7.94. The molecule has 0 radical (unpaired) electrons. The average molecular weight is 213 g/mol. The highest BCUT2D eigenvalue weighted by Crippen LogP contribution is 2.32. The molecule has 1 aromatic heterocycles. The number of aromatic nitrogens is 1. The molecule has 0 spiro atoms. The fraction of sp³-hybridized carbons (Fsp3) is 0.700. The molecule has 1 aromatic rings. The summed E-state index contributed by atoms with van der Waals surface area (Å²) >= 11 is 1.77. The Labute approximate surface area is 89.9 Å². The maximum atomic E-state index is 5.56. The molecule has 3 nitrogen and oxygen atoms in total. The number of anilines is 1. The van der Waals surface area contributed by atoms with Crippen LogP contribution < -0.4 is 10.6 Å². The van der Waals surface area contributed by atoms with Gasteiger partial charge in [-0.2, -0.15) is 0 Å². The van der Waals surface area contributed by atoms with Crippen LogP contribution in [0, 0.1) is 6.92 Å². The minimum atomic E-state index is 0.534. The molecule has 80 valence electrons. The molecular formula is C10H19N3S. The third kappa shape index (κ3) is 2.45. The van der Waals surface area contributed by atoms with Crippen LogP contribution in [0.15, 0.2) is 0 Å². The van der Waals surface area contributed by atoms with Gasteiger partial charge in [0.2, 0.25) is 0 Å². The van der Waals surface area contributed by atoms with E-state index in [1.165, 1.54) is 4.88 Å². The Kier molecular flexibility index (Phi) is 3.89. The fourth-order valence-corrected chi connectivity index (χ4v) is 2.50. The Balaban J connectivity index is 2.86. The molecule has 4 heteroatoms. The summed E-state index contributed by atoms with van der Waals surface area (Å²) in [6.45, 7) is 5.04. The van der Waals surface area contributed by atoms with Crippen molar-refractivity contribution in [1.82, 2.24) is 4.98 Å². The quantitative estimate of drug-likeness (QED) is 0.831. The first kappa shape index (κ1) is 11.5. The first-order valence-corrected chi connectivity index (χ1v) is 5.72. The smallest absolute Gasteiger partial charge is 0.185 e. The lowest BCUT2D eigenvalue weighted by molar-refractivity contribution is 0.696. The Hall–Kier alpha value is -0.610. The SMILES string of the molecule is Cc1nc(N(C)C)sc1C(C)CCN. The van der Waals surface area contributed by atoms with Gasteiger partial charge in [0.1, 0.15) is 0 Å². The maximum absolute atomic E-state index is 5.56. The van der Waals surface area contributed by atoms with Crippen LogP contribution in [0.25, 0.3) is 0 Å². The standard InChI is InChI=1S/C10H19N3S/c1-7(5-6-11)9-8(2)12-10(14-9)13(3)4/h7H,5-6,11H2,1-4H3. The van der Waals surface area contributed by atoms with E-state index in [1.54, 1.807) is 11.3 Å². The van der Waals surface area contributed by atoms with Gasteiger partial charge < -0.3 is 10.6 Å². The van der Waals surface area contributed by atoms with E-state index in [0.717, 1.165) is 23.8 Å². The zero-order valence-corrected chi connectivity index (χ0v) is 10.2. The molecule has 0 saturated carbocycles. The highest BCUT2D eigenvalue weighted by Gasteiger charge is 2.14. The second kappa shape index (κ2) is 4.75. The molecule has 0 fully saturated rings. The van der Waals surface area contributed by atoms with E-state index in [1.807, 2.05) is 14.1 Å². The predicted octanol–water partition coefficient (Wildman–Crippen LogP) is 1.97. The van der Waals surface area contributed by atoms with Gasteiger partial charge in [-0.15, -0.1) is 11.3 Å². The van der Waals surface area contributed by atoms with E-state index >= 15 is 0 Å². The van der Waals surface area contributed by atoms with Crippen LogP contribution in [0.4, 0.5) is 5.13 Å². The normalized spacial score (nSPS) is 12.9. The van der Waals surface area contributed by atoms with Crippen molar-refractivity contribution in [1.29, 1.82) is 0 Å². The molecule has 1 atom stereocenters. The molecule has 1 heterocycles. The van der Waals surface area contributed by atoms with E-state index in [0.29, 0.717) is 5.92 Å². The van der Waals surface area contributed by atoms with Gasteiger partial charge in [0, 0.05) is 19.0 Å². The second-order valence-corrected chi connectivity index (χ2v) is 4.83. The molecule has 0 saturated heterocycles. The van der Waals surface area contributed by atoms with Crippen molar-refractivity contribution in [2.45, 2.75) is 26.2 Å². The van der Waals surface area contributed by atoms with Crippen LogP contribution >= 0.6 is 11.3 Å². The van der Waals surface area contributed by atoms with E-state index in [-0.39, 0.29) is 0 Å². The van der Waals surface area contributed by atoms with Crippen LogP contribution in [0.3, 0.4) is 0 Å². The van der Waals surface area contributed by atoms with Crippen LogP contribution in [0.2, 0.25) is 0 Å². The Bertz CT molecular complexity index is 294. The molecule has 0 amide bonds. The minimum Gasteiger partial charge on any atom is -0.354 e. The van der Waals surface area contributed by atoms with Crippen molar-refractivity contribution < 1.29 is 0 Å². The molecule has 2 N–H and O–H groups in total. The Morgan fingerprint density at radius 1 is 1.50 bits per heavy atom. The van der Waals surface area contributed by atoms with Gasteiger partial charge in [0.25, 0.3) is 0 Å². The number of nitrogens with two attached hydrogens (primary N) is 1. The lowest BCUT2D eigenvalue weighted by Gasteiger charge is -2.08. The van der Waals surface area contributed by atoms with Gasteiger partial charge in [-0.1, -0.05) is 6.92 Å². The summed E-state index contributed by atoms with van der Waals surface area (Å²) in [7, 11) is 4.05. The number of aryl methyl sites for hydroxylation is 1. The molecular weight excluding hydrogens is 194 g/mol.